The van der Waals surface area contributed by atoms with Crippen LogP contribution < -0.4 is 5.32 Å². The lowest BCUT2D eigenvalue weighted by atomic mass is 9.88. The first kappa shape index (κ1) is 10.9. The highest BCUT2D eigenvalue weighted by Crippen LogP contribution is 2.15. The molecule has 11 heavy (non-hydrogen) atoms. The summed E-state index contributed by atoms with van der Waals surface area (Å²) < 4.78 is 5.03. The standard InChI is InChI=1S/C8H19NO2/c1-7(2)8(5-10,9-3)6-11-4/h7,9-10H,5-6H2,1-4H3. The Bertz CT molecular complexity index is 100. The third kappa shape index (κ3) is 2.43. The lowest BCUT2D eigenvalue weighted by molar-refractivity contribution is 0.0384. The highest BCUT2D eigenvalue weighted by Gasteiger charge is 2.30. The molecular formula is C8H19NO2. The highest BCUT2D eigenvalue weighted by molar-refractivity contribution is 4.88. The minimum absolute atomic E-state index is 0.106. The minimum atomic E-state index is -0.283. The lowest BCUT2D eigenvalue weighted by Crippen LogP contribution is -2.54. The van der Waals surface area contributed by atoms with E-state index >= 15 is 0 Å². The van der Waals surface area contributed by atoms with Crippen LogP contribution in [-0.2, 0) is 4.74 Å². The van der Waals surface area contributed by atoms with Gasteiger partial charge in [-0.15, -0.1) is 0 Å². The first-order valence-electron chi connectivity index (χ1n) is 3.91. The van der Waals surface area contributed by atoms with Crippen molar-refractivity contribution in [1.82, 2.24) is 5.32 Å². The van der Waals surface area contributed by atoms with Gasteiger partial charge in [-0.1, -0.05) is 13.8 Å². The number of ether oxygens (including phenoxy) is 1. The Morgan fingerprint density at radius 3 is 2.18 bits per heavy atom. The Morgan fingerprint density at radius 2 is 2.09 bits per heavy atom. The first-order chi connectivity index (χ1) is 5.13. The number of hydrogen-bond donors (Lipinski definition) is 2. The van der Waals surface area contributed by atoms with Crippen molar-refractivity contribution in [3.05, 3.63) is 0 Å². The molecule has 3 heteroatoms. The molecule has 0 rings (SSSR count). The van der Waals surface area contributed by atoms with Gasteiger partial charge in [0.1, 0.15) is 0 Å². The van der Waals surface area contributed by atoms with Crippen LogP contribution in [0.2, 0.25) is 0 Å². The van der Waals surface area contributed by atoms with Gasteiger partial charge in [-0.3, -0.25) is 0 Å². The van der Waals surface area contributed by atoms with Gasteiger partial charge in [-0.2, -0.15) is 0 Å². The summed E-state index contributed by atoms with van der Waals surface area (Å²) in [6, 6.07) is 0. The van der Waals surface area contributed by atoms with E-state index in [4.69, 9.17) is 9.84 Å². The van der Waals surface area contributed by atoms with Crippen LogP contribution in [0.15, 0.2) is 0 Å². The third-order valence-corrected chi connectivity index (χ3v) is 2.29. The Balaban J connectivity index is 4.20. The number of rotatable bonds is 5. The van der Waals surface area contributed by atoms with E-state index in [1.807, 2.05) is 7.05 Å². The van der Waals surface area contributed by atoms with Crippen molar-refractivity contribution in [3.63, 3.8) is 0 Å². The van der Waals surface area contributed by atoms with Gasteiger partial charge < -0.3 is 15.2 Å². The normalized spacial score (nSPS) is 16.9. The zero-order valence-corrected chi connectivity index (χ0v) is 7.85. The Kier molecular flexibility index (Phi) is 4.65. The molecule has 0 aromatic rings. The van der Waals surface area contributed by atoms with Gasteiger partial charge in [0.05, 0.1) is 18.8 Å². The molecule has 0 radical (unpaired) electrons. The van der Waals surface area contributed by atoms with E-state index in [1.165, 1.54) is 0 Å². The zero-order chi connectivity index (χ0) is 8.91. The molecule has 1 atom stereocenters. The fraction of sp³-hybridized carbons (Fsp3) is 1.00. The Labute approximate surface area is 68.8 Å². The van der Waals surface area contributed by atoms with Crippen LogP contribution in [0.25, 0.3) is 0 Å². The predicted octanol–water partition coefficient (Wildman–Crippen LogP) is 0.239. The zero-order valence-electron chi connectivity index (χ0n) is 7.85. The number of methoxy groups -OCH3 is 1. The van der Waals surface area contributed by atoms with Gasteiger partial charge >= 0.3 is 0 Å². The number of nitrogens with one attached hydrogen (secondary N) is 1. The Morgan fingerprint density at radius 1 is 1.55 bits per heavy atom. The van der Waals surface area contributed by atoms with Crippen LogP contribution in [0.5, 0.6) is 0 Å². The van der Waals surface area contributed by atoms with Crippen molar-refractivity contribution in [2.75, 3.05) is 27.4 Å². The van der Waals surface area contributed by atoms with E-state index in [9.17, 15) is 0 Å². The molecule has 1 unspecified atom stereocenters. The molecule has 68 valence electrons. The maximum absolute atomic E-state index is 9.14. The van der Waals surface area contributed by atoms with Crippen molar-refractivity contribution in [2.24, 2.45) is 5.92 Å². The van der Waals surface area contributed by atoms with Crippen LogP contribution >= 0.6 is 0 Å². The van der Waals surface area contributed by atoms with Crippen LogP contribution in [0, 0.1) is 5.92 Å². The molecule has 0 spiro atoms. The van der Waals surface area contributed by atoms with Gasteiger partial charge in [0.15, 0.2) is 0 Å². The van der Waals surface area contributed by atoms with Crippen LogP contribution in [0.1, 0.15) is 13.8 Å². The molecule has 0 saturated carbocycles. The van der Waals surface area contributed by atoms with E-state index in [0.717, 1.165) is 0 Å². The van der Waals surface area contributed by atoms with Crippen molar-refractivity contribution in [1.29, 1.82) is 0 Å². The van der Waals surface area contributed by atoms with Crippen LogP contribution in [0.3, 0.4) is 0 Å². The summed E-state index contributed by atoms with van der Waals surface area (Å²) >= 11 is 0. The molecule has 0 aromatic heterocycles. The second-order valence-electron chi connectivity index (χ2n) is 3.15. The van der Waals surface area contributed by atoms with Crippen molar-refractivity contribution < 1.29 is 9.84 Å². The lowest BCUT2D eigenvalue weighted by Gasteiger charge is -2.34. The monoisotopic (exact) mass is 161 g/mol. The average molecular weight is 161 g/mol. The number of aliphatic hydroxyl groups is 1. The van der Waals surface area contributed by atoms with Crippen molar-refractivity contribution >= 4 is 0 Å². The number of aliphatic hydroxyl groups excluding tert-OH is 1. The molecule has 0 saturated heterocycles. The fourth-order valence-corrected chi connectivity index (χ4v) is 1.09. The molecule has 0 aromatic carbocycles. The molecular weight excluding hydrogens is 142 g/mol. The average Bonchev–Trinajstić information content (AvgIpc) is 2.00. The summed E-state index contributed by atoms with van der Waals surface area (Å²) in [6.07, 6.45) is 0. The van der Waals surface area contributed by atoms with Gasteiger partial charge in [-0.25, -0.2) is 0 Å². The molecule has 0 aliphatic rings. The Hall–Kier alpha value is -0.120. The molecule has 0 bridgehead atoms. The summed E-state index contributed by atoms with van der Waals surface area (Å²) in [5.41, 5.74) is -0.283. The van der Waals surface area contributed by atoms with Crippen LogP contribution in [-0.4, -0.2) is 38.0 Å². The minimum Gasteiger partial charge on any atom is -0.394 e. The molecule has 0 aliphatic carbocycles. The molecule has 3 nitrogen and oxygen atoms in total. The maximum Gasteiger partial charge on any atom is 0.0671 e. The number of likely N-dealkylation sites (N-methyl/N-ethyl adjacent to an activating group) is 1. The summed E-state index contributed by atoms with van der Waals surface area (Å²) in [5.74, 6) is 0.359. The van der Waals surface area contributed by atoms with Gasteiger partial charge in [-0.05, 0) is 13.0 Å². The third-order valence-electron chi connectivity index (χ3n) is 2.29. The largest absolute Gasteiger partial charge is 0.394 e. The molecule has 0 fully saturated rings. The number of hydrogen-bond acceptors (Lipinski definition) is 3. The topological polar surface area (TPSA) is 41.5 Å². The van der Waals surface area contributed by atoms with E-state index in [0.29, 0.717) is 12.5 Å². The fourth-order valence-electron chi connectivity index (χ4n) is 1.09. The molecule has 0 aliphatic heterocycles. The SMILES string of the molecule is CNC(CO)(COC)C(C)C. The van der Waals surface area contributed by atoms with Crippen molar-refractivity contribution in [3.8, 4) is 0 Å². The summed E-state index contributed by atoms with van der Waals surface area (Å²) in [6.45, 7) is 4.77. The van der Waals surface area contributed by atoms with E-state index in [1.54, 1.807) is 7.11 Å². The quantitative estimate of drug-likeness (QED) is 0.607. The summed E-state index contributed by atoms with van der Waals surface area (Å²) in [5, 5.41) is 12.2. The van der Waals surface area contributed by atoms with Gasteiger partial charge in [0.2, 0.25) is 0 Å². The molecule has 0 amide bonds. The summed E-state index contributed by atoms with van der Waals surface area (Å²) in [4.78, 5) is 0. The van der Waals surface area contributed by atoms with E-state index in [-0.39, 0.29) is 12.1 Å². The maximum atomic E-state index is 9.14. The summed E-state index contributed by atoms with van der Waals surface area (Å²) in [7, 11) is 3.49. The smallest absolute Gasteiger partial charge is 0.0671 e. The first-order valence-corrected chi connectivity index (χ1v) is 3.91. The van der Waals surface area contributed by atoms with Gasteiger partial charge in [0.25, 0.3) is 0 Å². The van der Waals surface area contributed by atoms with E-state index < -0.39 is 0 Å². The second kappa shape index (κ2) is 4.70. The van der Waals surface area contributed by atoms with Gasteiger partial charge in [0, 0.05) is 7.11 Å². The van der Waals surface area contributed by atoms with Crippen molar-refractivity contribution in [2.45, 2.75) is 19.4 Å². The highest BCUT2D eigenvalue weighted by atomic mass is 16.5. The predicted molar refractivity (Wildman–Crippen MR) is 45.6 cm³/mol. The van der Waals surface area contributed by atoms with Crippen LogP contribution in [0.4, 0.5) is 0 Å². The molecule has 2 N–H and O–H groups in total. The van der Waals surface area contributed by atoms with E-state index in [2.05, 4.69) is 19.2 Å². The second-order valence-corrected chi connectivity index (χ2v) is 3.15. The molecule has 0 heterocycles.